The molecule has 1 N–H and O–H groups in total. The Kier molecular flexibility index (Phi) is 4.68. The van der Waals surface area contributed by atoms with Crippen LogP contribution in [0, 0.1) is 6.92 Å². The van der Waals surface area contributed by atoms with Crippen LogP contribution >= 0.6 is 15.9 Å². The van der Waals surface area contributed by atoms with Crippen LogP contribution in [0.25, 0.3) is 0 Å². The Hall–Kier alpha value is -1.95. The van der Waals surface area contributed by atoms with Crippen molar-refractivity contribution in [2.24, 2.45) is 0 Å². The third kappa shape index (κ3) is 4.03. The lowest BCUT2D eigenvalue weighted by molar-refractivity contribution is -0.116. The second-order valence-corrected chi connectivity index (χ2v) is 5.31. The third-order valence-corrected chi connectivity index (χ3v) is 3.18. The number of rotatable bonds is 4. The Bertz CT molecular complexity index is 682. The first-order valence-electron chi connectivity index (χ1n) is 6.13. The van der Waals surface area contributed by atoms with Crippen LogP contribution in [0.1, 0.15) is 12.0 Å². The van der Waals surface area contributed by atoms with Crippen molar-refractivity contribution in [1.29, 1.82) is 0 Å². The summed E-state index contributed by atoms with van der Waals surface area (Å²) >= 11 is 3.29. The van der Waals surface area contributed by atoms with E-state index in [-0.39, 0.29) is 17.9 Å². The number of hydrogen-bond donors (Lipinski definition) is 1. The van der Waals surface area contributed by atoms with Gasteiger partial charge in [0.2, 0.25) is 5.91 Å². The molecule has 0 spiro atoms. The number of halogens is 1. The molecule has 0 saturated carbocycles. The maximum absolute atomic E-state index is 11.8. The van der Waals surface area contributed by atoms with Crippen molar-refractivity contribution in [1.82, 2.24) is 9.55 Å². The van der Waals surface area contributed by atoms with E-state index in [2.05, 4.69) is 26.2 Å². The van der Waals surface area contributed by atoms with E-state index in [4.69, 9.17) is 0 Å². The average molecular weight is 336 g/mol. The molecule has 6 heteroatoms. The number of carbonyl (C=O) groups is 1. The van der Waals surface area contributed by atoms with Crippen molar-refractivity contribution in [2.45, 2.75) is 19.9 Å². The summed E-state index contributed by atoms with van der Waals surface area (Å²) in [5.41, 5.74) is 0.896. The zero-order valence-electron chi connectivity index (χ0n) is 11.0. The van der Waals surface area contributed by atoms with Gasteiger partial charge in [-0.15, -0.1) is 0 Å². The molecule has 0 atom stereocenters. The molecular formula is C14H14BrN3O2. The number of amides is 1. The molecule has 0 aliphatic heterocycles. The predicted octanol–water partition coefficient (Wildman–Crippen LogP) is 2.34. The zero-order valence-corrected chi connectivity index (χ0v) is 12.6. The van der Waals surface area contributed by atoms with E-state index in [0.717, 1.165) is 10.0 Å². The van der Waals surface area contributed by atoms with Gasteiger partial charge >= 0.3 is 0 Å². The number of anilines is 1. The molecule has 0 saturated heterocycles. The topological polar surface area (TPSA) is 64.0 Å². The van der Waals surface area contributed by atoms with Crippen LogP contribution in [-0.4, -0.2) is 15.5 Å². The van der Waals surface area contributed by atoms with E-state index in [0.29, 0.717) is 12.4 Å². The molecule has 2 heterocycles. The maximum atomic E-state index is 11.8. The molecule has 0 bridgehead atoms. The number of carbonyl (C=O) groups excluding carboxylic acids is 1. The molecule has 0 aromatic carbocycles. The van der Waals surface area contributed by atoms with Gasteiger partial charge in [-0.2, -0.15) is 0 Å². The van der Waals surface area contributed by atoms with Gasteiger partial charge < -0.3 is 9.88 Å². The Morgan fingerprint density at radius 1 is 1.40 bits per heavy atom. The quantitative estimate of drug-likeness (QED) is 0.932. The van der Waals surface area contributed by atoms with Gasteiger partial charge in [-0.05, 0) is 46.6 Å². The number of nitrogens with zero attached hydrogens (tertiary/aromatic N) is 2. The number of aryl methyl sites for hydroxylation is 2. The molecular weight excluding hydrogens is 322 g/mol. The number of pyridine rings is 2. The van der Waals surface area contributed by atoms with Crippen molar-refractivity contribution in [3.63, 3.8) is 0 Å². The fourth-order valence-electron chi connectivity index (χ4n) is 1.71. The molecule has 0 aliphatic rings. The average Bonchev–Trinajstić information content (AvgIpc) is 2.40. The standard InChI is InChI=1S/C14H14BrN3O2/c1-10-4-6-16-12(8-10)17-13(19)5-7-18-9-11(15)2-3-14(18)20/h2-4,6,8-9H,5,7H2,1H3,(H,16,17,19). The molecule has 1 amide bonds. The van der Waals surface area contributed by atoms with Crippen LogP contribution in [0.2, 0.25) is 0 Å². The van der Waals surface area contributed by atoms with Crippen LogP contribution < -0.4 is 10.9 Å². The van der Waals surface area contributed by atoms with Crippen LogP contribution in [0.4, 0.5) is 5.82 Å². The molecule has 0 unspecified atom stereocenters. The summed E-state index contributed by atoms with van der Waals surface area (Å²) in [4.78, 5) is 27.5. The molecule has 2 aromatic heterocycles. The van der Waals surface area contributed by atoms with Gasteiger partial charge in [0, 0.05) is 35.9 Å². The normalized spacial score (nSPS) is 10.3. The van der Waals surface area contributed by atoms with Crippen molar-refractivity contribution >= 4 is 27.7 Å². The first-order valence-corrected chi connectivity index (χ1v) is 6.92. The van der Waals surface area contributed by atoms with E-state index >= 15 is 0 Å². The van der Waals surface area contributed by atoms with Gasteiger partial charge in [-0.3, -0.25) is 9.59 Å². The smallest absolute Gasteiger partial charge is 0.250 e. The molecule has 0 fully saturated rings. The molecule has 2 aromatic rings. The number of nitrogens with one attached hydrogen (secondary N) is 1. The monoisotopic (exact) mass is 335 g/mol. The summed E-state index contributed by atoms with van der Waals surface area (Å²) in [6.45, 7) is 2.26. The van der Waals surface area contributed by atoms with Crippen LogP contribution in [0.3, 0.4) is 0 Å². The van der Waals surface area contributed by atoms with Crippen LogP contribution in [-0.2, 0) is 11.3 Å². The van der Waals surface area contributed by atoms with E-state index in [1.54, 1.807) is 24.5 Å². The Labute approximate surface area is 124 Å². The lowest BCUT2D eigenvalue weighted by Gasteiger charge is -2.07. The van der Waals surface area contributed by atoms with Crippen molar-refractivity contribution in [3.05, 3.63) is 57.0 Å². The number of aromatic nitrogens is 2. The first-order chi connectivity index (χ1) is 9.54. The largest absolute Gasteiger partial charge is 0.314 e. The highest BCUT2D eigenvalue weighted by Crippen LogP contribution is 2.07. The van der Waals surface area contributed by atoms with Gasteiger partial charge in [0.25, 0.3) is 5.56 Å². The van der Waals surface area contributed by atoms with Crippen LogP contribution in [0.5, 0.6) is 0 Å². The highest BCUT2D eigenvalue weighted by Gasteiger charge is 2.05. The molecule has 104 valence electrons. The molecule has 20 heavy (non-hydrogen) atoms. The zero-order chi connectivity index (χ0) is 14.5. The SMILES string of the molecule is Cc1ccnc(NC(=O)CCn2cc(Br)ccc2=O)c1. The summed E-state index contributed by atoms with van der Waals surface area (Å²) in [5, 5.41) is 2.71. The maximum Gasteiger partial charge on any atom is 0.250 e. The number of hydrogen-bond acceptors (Lipinski definition) is 3. The Morgan fingerprint density at radius 2 is 2.20 bits per heavy atom. The highest BCUT2D eigenvalue weighted by atomic mass is 79.9. The molecule has 0 radical (unpaired) electrons. The van der Waals surface area contributed by atoms with Crippen molar-refractivity contribution in [2.75, 3.05) is 5.32 Å². The van der Waals surface area contributed by atoms with Gasteiger partial charge in [0.1, 0.15) is 5.82 Å². The molecule has 2 rings (SSSR count). The van der Waals surface area contributed by atoms with Gasteiger partial charge in [0.05, 0.1) is 0 Å². The fraction of sp³-hybridized carbons (Fsp3) is 0.214. The summed E-state index contributed by atoms with van der Waals surface area (Å²) < 4.78 is 2.30. The van der Waals surface area contributed by atoms with Gasteiger partial charge in [0.15, 0.2) is 0 Å². The van der Waals surface area contributed by atoms with E-state index in [1.165, 1.54) is 10.6 Å². The van der Waals surface area contributed by atoms with E-state index in [9.17, 15) is 9.59 Å². The Balaban J connectivity index is 1.95. The minimum Gasteiger partial charge on any atom is -0.314 e. The lowest BCUT2D eigenvalue weighted by atomic mass is 10.3. The second-order valence-electron chi connectivity index (χ2n) is 4.40. The summed E-state index contributed by atoms with van der Waals surface area (Å²) in [6, 6.07) is 6.79. The van der Waals surface area contributed by atoms with E-state index < -0.39 is 0 Å². The Morgan fingerprint density at radius 3 is 2.95 bits per heavy atom. The summed E-state index contributed by atoms with van der Waals surface area (Å²) in [5.74, 6) is 0.353. The van der Waals surface area contributed by atoms with Crippen LogP contribution in [0.15, 0.2) is 45.9 Å². The third-order valence-electron chi connectivity index (χ3n) is 2.71. The first kappa shape index (κ1) is 14.5. The lowest BCUT2D eigenvalue weighted by Crippen LogP contribution is -2.22. The molecule has 0 aliphatic carbocycles. The van der Waals surface area contributed by atoms with Crippen molar-refractivity contribution in [3.8, 4) is 0 Å². The van der Waals surface area contributed by atoms with Crippen molar-refractivity contribution < 1.29 is 4.79 Å². The summed E-state index contributed by atoms with van der Waals surface area (Å²) in [6.07, 6.45) is 3.52. The second kappa shape index (κ2) is 6.47. The van der Waals surface area contributed by atoms with Gasteiger partial charge in [-0.25, -0.2) is 4.98 Å². The fourth-order valence-corrected chi connectivity index (χ4v) is 2.09. The predicted molar refractivity (Wildman–Crippen MR) is 80.6 cm³/mol. The van der Waals surface area contributed by atoms with Gasteiger partial charge in [-0.1, -0.05) is 0 Å². The minimum absolute atomic E-state index is 0.130. The highest BCUT2D eigenvalue weighted by molar-refractivity contribution is 9.10. The summed E-state index contributed by atoms with van der Waals surface area (Å²) in [7, 11) is 0. The van der Waals surface area contributed by atoms with E-state index in [1.807, 2.05) is 13.0 Å². The minimum atomic E-state index is -0.171. The molecule has 5 nitrogen and oxygen atoms in total.